The third kappa shape index (κ3) is 3.97. The van der Waals surface area contributed by atoms with Crippen LogP contribution in [0.5, 0.6) is 0 Å². The minimum Gasteiger partial charge on any atom is -0.385 e. The monoisotopic (exact) mass is 199 g/mol. The zero-order valence-electron chi connectivity index (χ0n) is 9.72. The quantitative estimate of drug-likeness (QED) is 0.680. The van der Waals surface area contributed by atoms with Gasteiger partial charge >= 0.3 is 0 Å². The summed E-state index contributed by atoms with van der Waals surface area (Å²) in [6, 6.07) is 0. The van der Waals surface area contributed by atoms with Gasteiger partial charge in [-0.15, -0.1) is 0 Å². The third-order valence-corrected chi connectivity index (χ3v) is 3.42. The van der Waals surface area contributed by atoms with E-state index in [4.69, 9.17) is 4.74 Å². The third-order valence-electron chi connectivity index (χ3n) is 3.42. The Labute approximate surface area is 88.4 Å². The van der Waals surface area contributed by atoms with E-state index in [1.54, 1.807) is 7.11 Å². The van der Waals surface area contributed by atoms with Crippen molar-refractivity contribution in [3.8, 4) is 0 Å². The lowest BCUT2D eigenvalue weighted by Gasteiger charge is -2.23. The molecule has 0 amide bonds. The highest BCUT2D eigenvalue weighted by Gasteiger charge is 2.24. The molecule has 1 unspecified atom stereocenters. The summed E-state index contributed by atoms with van der Waals surface area (Å²) in [4.78, 5) is 0. The summed E-state index contributed by atoms with van der Waals surface area (Å²) in [5.41, 5.74) is 0. The molecule has 1 fully saturated rings. The van der Waals surface area contributed by atoms with Crippen molar-refractivity contribution in [1.82, 2.24) is 5.32 Å². The molecule has 0 heterocycles. The minimum absolute atomic E-state index is 0.845. The second-order valence-electron chi connectivity index (χ2n) is 4.39. The molecule has 84 valence electrons. The van der Waals surface area contributed by atoms with Crippen LogP contribution in [-0.4, -0.2) is 26.8 Å². The van der Waals surface area contributed by atoms with Gasteiger partial charge in [-0.05, 0) is 31.3 Å². The predicted molar refractivity (Wildman–Crippen MR) is 60.5 cm³/mol. The largest absolute Gasteiger partial charge is 0.385 e. The Kier molecular flexibility index (Phi) is 6.20. The van der Waals surface area contributed by atoms with E-state index in [2.05, 4.69) is 12.2 Å². The molecule has 1 aliphatic carbocycles. The van der Waals surface area contributed by atoms with Crippen molar-refractivity contribution in [3.63, 3.8) is 0 Å². The van der Waals surface area contributed by atoms with Crippen LogP contribution in [0, 0.1) is 11.8 Å². The molecule has 1 aliphatic rings. The summed E-state index contributed by atoms with van der Waals surface area (Å²) in [6.07, 6.45) is 7.01. The van der Waals surface area contributed by atoms with E-state index in [1.807, 2.05) is 0 Å². The first-order valence-corrected chi connectivity index (χ1v) is 6.08. The Balaban J connectivity index is 2.26. The summed E-state index contributed by atoms with van der Waals surface area (Å²) in [5.74, 6) is 1.81. The predicted octanol–water partition coefficient (Wildman–Crippen LogP) is 2.44. The number of rotatable bonds is 7. The number of hydrogen-bond acceptors (Lipinski definition) is 2. The van der Waals surface area contributed by atoms with Gasteiger partial charge in [0.05, 0.1) is 0 Å². The second kappa shape index (κ2) is 7.24. The van der Waals surface area contributed by atoms with Gasteiger partial charge < -0.3 is 10.1 Å². The fourth-order valence-corrected chi connectivity index (χ4v) is 2.53. The molecule has 0 aliphatic heterocycles. The van der Waals surface area contributed by atoms with Gasteiger partial charge in [0.1, 0.15) is 0 Å². The summed E-state index contributed by atoms with van der Waals surface area (Å²) in [7, 11) is 1.80. The molecule has 2 nitrogen and oxygen atoms in total. The molecule has 14 heavy (non-hydrogen) atoms. The van der Waals surface area contributed by atoms with E-state index >= 15 is 0 Å². The molecule has 1 N–H and O–H groups in total. The topological polar surface area (TPSA) is 21.3 Å². The maximum Gasteiger partial charge on any atom is 0.0465 e. The summed E-state index contributed by atoms with van der Waals surface area (Å²) < 4.78 is 5.18. The highest BCUT2D eigenvalue weighted by atomic mass is 16.5. The maximum atomic E-state index is 5.18. The molecule has 2 heteroatoms. The number of ether oxygens (including phenoxy) is 1. The zero-order valence-corrected chi connectivity index (χ0v) is 9.72. The Morgan fingerprint density at radius 3 is 2.64 bits per heavy atom. The molecular weight excluding hydrogens is 174 g/mol. The van der Waals surface area contributed by atoms with Gasteiger partial charge in [-0.3, -0.25) is 0 Å². The van der Waals surface area contributed by atoms with E-state index < -0.39 is 0 Å². The summed E-state index contributed by atoms with van der Waals surface area (Å²) in [6.45, 7) is 5.38. The van der Waals surface area contributed by atoms with Crippen molar-refractivity contribution in [3.05, 3.63) is 0 Å². The van der Waals surface area contributed by atoms with Crippen molar-refractivity contribution >= 4 is 0 Å². The van der Waals surface area contributed by atoms with Crippen molar-refractivity contribution < 1.29 is 4.74 Å². The average Bonchev–Trinajstić information content (AvgIpc) is 2.71. The van der Waals surface area contributed by atoms with Gasteiger partial charge in [0.15, 0.2) is 0 Å². The first kappa shape index (κ1) is 12.0. The standard InChI is InChI=1S/C12H25NO/c1-3-13-10-12(8-9-14-2)11-6-4-5-7-11/h11-13H,3-10H2,1-2H3. The molecule has 0 bridgehead atoms. The van der Waals surface area contributed by atoms with Gasteiger partial charge in [-0.1, -0.05) is 32.6 Å². The molecule has 0 radical (unpaired) electrons. The van der Waals surface area contributed by atoms with Crippen LogP contribution in [0.1, 0.15) is 39.0 Å². The van der Waals surface area contributed by atoms with Crippen molar-refractivity contribution in [2.45, 2.75) is 39.0 Å². The highest BCUT2D eigenvalue weighted by molar-refractivity contribution is 4.76. The van der Waals surface area contributed by atoms with Crippen LogP contribution in [0.15, 0.2) is 0 Å². The van der Waals surface area contributed by atoms with Gasteiger partial charge in [0.2, 0.25) is 0 Å². The second-order valence-corrected chi connectivity index (χ2v) is 4.39. The fourth-order valence-electron chi connectivity index (χ4n) is 2.53. The van der Waals surface area contributed by atoms with E-state index in [1.165, 1.54) is 38.6 Å². The molecule has 0 aromatic carbocycles. The molecule has 1 atom stereocenters. The first-order valence-electron chi connectivity index (χ1n) is 6.08. The highest BCUT2D eigenvalue weighted by Crippen LogP contribution is 2.32. The van der Waals surface area contributed by atoms with Gasteiger partial charge in [-0.2, -0.15) is 0 Å². The number of nitrogens with one attached hydrogen (secondary N) is 1. The van der Waals surface area contributed by atoms with Crippen LogP contribution in [0.4, 0.5) is 0 Å². The van der Waals surface area contributed by atoms with E-state index in [0.717, 1.165) is 25.0 Å². The molecule has 0 saturated heterocycles. The Bertz CT molecular complexity index is 124. The van der Waals surface area contributed by atoms with E-state index in [0.29, 0.717) is 0 Å². The number of methoxy groups -OCH3 is 1. The molecule has 1 rings (SSSR count). The lowest BCUT2D eigenvalue weighted by atomic mass is 9.88. The summed E-state index contributed by atoms with van der Waals surface area (Å²) >= 11 is 0. The normalized spacial score (nSPS) is 20.1. The van der Waals surface area contributed by atoms with Crippen LogP contribution in [-0.2, 0) is 4.74 Å². The first-order chi connectivity index (χ1) is 6.88. The van der Waals surface area contributed by atoms with E-state index in [-0.39, 0.29) is 0 Å². The van der Waals surface area contributed by atoms with E-state index in [9.17, 15) is 0 Å². The smallest absolute Gasteiger partial charge is 0.0465 e. The maximum absolute atomic E-state index is 5.18. The van der Waals surface area contributed by atoms with Gasteiger partial charge in [0, 0.05) is 13.7 Å². The lowest BCUT2D eigenvalue weighted by molar-refractivity contribution is 0.159. The number of hydrogen-bond donors (Lipinski definition) is 1. The molecule has 1 saturated carbocycles. The van der Waals surface area contributed by atoms with Crippen LogP contribution >= 0.6 is 0 Å². The van der Waals surface area contributed by atoms with Crippen LogP contribution < -0.4 is 5.32 Å². The molecule has 0 aromatic heterocycles. The van der Waals surface area contributed by atoms with Gasteiger partial charge in [0.25, 0.3) is 0 Å². The zero-order chi connectivity index (χ0) is 10.2. The summed E-state index contributed by atoms with van der Waals surface area (Å²) in [5, 5.41) is 3.48. The van der Waals surface area contributed by atoms with Crippen molar-refractivity contribution in [2.75, 3.05) is 26.8 Å². The minimum atomic E-state index is 0.845. The Morgan fingerprint density at radius 1 is 1.36 bits per heavy atom. The average molecular weight is 199 g/mol. The van der Waals surface area contributed by atoms with Crippen LogP contribution in [0.25, 0.3) is 0 Å². The van der Waals surface area contributed by atoms with Crippen LogP contribution in [0.2, 0.25) is 0 Å². The van der Waals surface area contributed by atoms with Crippen LogP contribution in [0.3, 0.4) is 0 Å². The Morgan fingerprint density at radius 2 is 2.07 bits per heavy atom. The molecular formula is C12H25NO. The molecule has 0 aromatic rings. The SMILES string of the molecule is CCNCC(CCOC)C1CCCC1. The Hall–Kier alpha value is -0.0800. The fraction of sp³-hybridized carbons (Fsp3) is 1.00. The lowest BCUT2D eigenvalue weighted by Crippen LogP contribution is -2.28. The molecule has 0 spiro atoms. The van der Waals surface area contributed by atoms with Gasteiger partial charge in [-0.25, -0.2) is 0 Å². The van der Waals surface area contributed by atoms with Crippen molar-refractivity contribution in [2.24, 2.45) is 11.8 Å². The van der Waals surface area contributed by atoms with Crippen molar-refractivity contribution in [1.29, 1.82) is 0 Å².